The number of carbonyl (C=O) groups excluding carboxylic acids is 1. The maximum absolute atomic E-state index is 13.1. The molecule has 0 aliphatic carbocycles. The second-order valence-corrected chi connectivity index (χ2v) is 8.97. The first-order valence-electron chi connectivity index (χ1n) is 11.1. The molecule has 3 rings (SSSR count). The van der Waals surface area contributed by atoms with Gasteiger partial charge in [0.2, 0.25) is 0 Å². The molecule has 1 saturated heterocycles. The van der Waals surface area contributed by atoms with Crippen LogP contribution < -0.4 is 4.74 Å². The van der Waals surface area contributed by atoms with Crippen LogP contribution in [0.4, 0.5) is 9.18 Å². The highest BCUT2D eigenvalue weighted by Crippen LogP contribution is 2.29. The van der Waals surface area contributed by atoms with E-state index < -0.39 is 12.3 Å². The van der Waals surface area contributed by atoms with E-state index in [2.05, 4.69) is 6.07 Å². The number of amides is 1. The van der Waals surface area contributed by atoms with Crippen LogP contribution in [0, 0.1) is 0 Å². The number of rotatable bonds is 7. The number of halogens is 1. The number of carbonyl (C=O) groups is 1. The fraction of sp³-hybridized carbons (Fsp3) is 0.583. The Labute approximate surface area is 184 Å². The number of aromatic nitrogens is 2. The lowest BCUT2D eigenvalue weighted by atomic mass is 9.93. The first kappa shape index (κ1) is 23.1. The van der Waals surface area contributed by atoms with Gasteiger partial charge in [-0.15, -0.1) is 0 Å². The number of piperidine rings is 1. The van der Waals surface area contributed by atoms with E-state index in [0.717, 1.165) is 35.5 Å². The Morgan fingerprint density at radius 2 is 1.87 bits per heavy atom. The van der Waals surface area contributed by atoms with Crippen molar-refractivity contribution in [1.29, 1.82) is 0 Å². The third kappa shape index (κ3) is 6.45. The molecule has 0 bridgehead atoms. The normalized spacial score (nSPS) is 15.2. The molecule has 7 heteroatoms. The van der Waals surface area contributed by atoms with Gasteiger partial charge in [-0.2, -0.15) is 5.10 Å². The Kier molecular flexibility index (Phi) is 7.57. The van der Waals surface area contributed by atoms with Crippen LogP contribution in [-0.4, -0.2) is 52.7 Å². The highest BCUT2D eigenvalue weighted by molar-refractivity contribution is 5.68. The van der Waals surface area contributed by atoms with Crippen molar-refractivity contribution < 1.29 is 18.7 Å². The Hall–Kier alpha value is -2.57. The summed E-state index contributed by atoms with van der Waals surface area (Å²) in [5.41, 5.74) is 2.63. The van der Waals surface area contributed by atoms with Gasteiger partial charge in [-0.3, -0.25) is 4.68 Å². The van der Waals surface area contributed by atoms with Crippen LogP contribution in [0.15, 0.2) is 30.3 Å². The minimum absolute atomic E-state index is 0.253. The summed E-state index contributed by atoms with van der Waals surface area (Å²) in [7, 11) is 0. The monoisotopic (exact) mass is 431 g/mol. The largest absolute Gasteiger partial charge is 0.494 e. The Morgan fingerprint density at radius 3 is 2.45 bits per heavy atom. The molecule has 0 atom stereocenters. The molecular weight excluding hydrogens is 397 g/mol. The minimum Gasteiger partial charge on any atom is -0.494 e. The predicted octanol–water partition coefficient (Wildman–Crippen LogP) is 4.96. The van der Waals surface area contributed by atoms with E-state index in [1.54, 1.807) is 9.58 Å². The second kappa shape index (κ2) is 10.2. The van der Waals surface area contributed by atoms with Gasteiger partial charge < -0.3 is 14.4 Å². The van der Waals surface area contributed by atoms with E-state index >= 15 is 0 Å². The van der Waals surface area contributed by atoms with E-state index in [4.69, 9.17) is 14.6 Å². The third-order valence-corrected chi connectivity index (χ3v) is 5.36. The number of aryl methyl sites for hydroxylation is 1. The predicted molar refractivity (Wildman–Crippen MR) is 118 cm³/mol. The van der Waals surface area contributed by atoms with Gasteiger partial charge in [0.05, 0.1) is 18.8 Å². The topological polar surface area (TPSA) is 56.6 Å². The molecule has 2 heterocycles. The lowest BCUT2D eigenvalue weighted by molar-refractivity contribution is 0.0204. The summed E-state index contributed by atoms with van der Waals surface area (Å²) >= 11 is 0. The molecule has 1 aliphatic rings. The summed E-state index contributed by atoms with van der Waals surface area (Å²) in [6.45, 7) is 9.32. The first-order valence-corrected chi connectivity index (χ1v) is 11.1. The molecule has 0 saturated carbocycles. The number of likely N-dealkylation sites (tertiary alicyclic amines) is 1. The van der Waals surface area contributed by atoms with Crippen LogP contribution in [0.1, 0.15) is 63.4 Å². The zero-order valence-corrected chi connectivity index (χ0v) is 19.1. The Bertz CT molecular complexity index is 850. The SMILES string of the molecule is CCOc1ccc(Cc2cc(C3CCN(C(=O)OC(C)(C)C)CC3)nn2CCF)cc1. The van der Waals surface area contributed by atoms with Crippen molar-refractivity contribution in [3.8, 4) is 5.75 Å². The van der Waals surface area contributed by atoms with Crippen LogP contribution in [0.25, 0.3) is 0 Å². The van der Waals surface area contributed by atoms with Crippen molar-refractivity contribution in [2.75, 3.05) is 26.4 Å². The Morgan fingerprint density at radius 1 is 1.19 bits per heavy atom. The number of alkyl halides is 1. The number of benzene rings is 1. The molecule has 1 amide bonds. The molecule has 0 unspecified atom stereocenters. The van der Waals surface area contributed by atoms with Crippen molar-refractivity contribution in [3.63, 3.8) is 0 Å². The quantitative estimate of drug-likeness (QED) is 0.622. The highest BCUT2D eigenvalue weighted by Gasteiger charge is 2.29. The fourth-order valence-corrected chi connectivity index (χ4v) is 3.86. The van der Waals surface area contributed by atoms with Gasteiger partial charge >= 0.3 is 6.09 Å². The van der Waals surface area contributed by atoms with Crippen LogP contribution in [0.3, 0.4) is 0 Å². The zero-order chi connectivity index (χ0) is 22.4. The standard InChI is InChI=1S/C24H34FN3O3/c1-5-30-21-8-6-18(7-9-21)16-20-17-22(26-28(20)15-12-25)19-10-13-27(14-11-19)23(29)31-24(2,3)4/h6-9,17,19H,5,10-16H2,1-4H3. The van der Waals surface area contributed by atoms with Crippen LogP contribution >= 0.6 is 0 Å². The van der Waals surface area contributed by atoms with E-state index in [1.807, 2.05) is 52.0 Å². The molecule has 1 aliphatic heterocycles. The van der Waals surface area contributed by atoms with E-state index in [1.165, 1.54) is 0 Å². The second-order valence-electron chi connectivity index (χ2n) is 8.97. The number of ether oxygens (including phenoxy) is 2. The molecule has 1 aromatic heterocycles. The summed E-state index contributed by atoms with van der Waals surface area (Å²) in [5, 5.41) is 4.71. The molecular formula is C24H34FN3O3. The third-order valence-electron chi connectivity index (χ3n) is 5.36. The molecule has 6 nitrogen and oxygen atoms in total. The van der Waals surface area contributed by atoms with E-state index in [9.17, 15) is 9.18 Å². The van der Waals surface area contributed by atoms with Crippen LogP contribution in [0.2, 0.25) is 0 Å². The molecule has 1 fully saturated rings. The van der Waals surface area contributed by atoms with Crippen LogP contribution in [0.5, 0.6) is 5.75 Å². The van der Waals surface area contributed by atoms with Gasteiger partial charge in [-0.1, -0.05) is 12.1 Å². The smallest absolute Gasteiger partial charge is 0.410 e. The molecule has 0 radical (unpaired) electrons. The summed E-state index contributed by atoms with van der Waals surface area (Å²) in [4.78, 5) is 14.1. The number of nitrogens with zero attached hydrogens (tertiary/aromatic N) is 3. The molecule has 1 aromatic carbocycles. The highest BCUT2D eigenvalue weighted by atomic mass is 19.1. The average molecular weight is 432 g/mol. The zero-order valence-electron chi connectivity index (χ0n) is 19.1. The van der Waals surface area contributed by atoms with Crippen molar-refractivity contribution in [2.24, 2.45) is 0 Å². The lowest BCUT2D eigenvalue weighted by Gasteiger charge is -2.32. The Balaban J connectivity index is 1.65. The van der Waals surface area contributed by atoms with Crippen molar-refractivity contribution in [1.82, 2.24) is 14.7 Å². The maximum atomic E-state index is 13.1. The van der Waals surface area contributed by atoms with Crippen molar-refractivity contribution in [2.45, 2.75) is 65.0 Å². The fourth-order valence-electron chi connectivity index (χ4n) is 3.86. The van der Waals surface area contributed by atoms with E-state index in [0.29, 0.717) is 26.1 Å². The summed E-state index contributed by atoms with van der Waals surface area (Å²) in [6, 6.07) is 10.1. The van der Waals surface area contributed by atoms with Gasteiger partial charge in [0.25, 0.3) is 0 Å². The summed E-state index contributed by atoms with van der Waals surface area (Å²) < 4.78 is 25.9. The van der Waals surface area contributed by atoms with Gasteiger partial charge in [-0.25, -0.2) is 9.18 Å². The summed E-state index contributed by atoms with van der Waals surface area (Å²) in [6.07, 6.45) is 2.09. The van der Waals surface area contributed by atoms with Gasteiger partial charge in [0.15, 0.2) is 0 Å². The average Bonchev–Trinajstić information content (AvgIpc) is 3.11. The molecule has 0 spiro atoms. The number of hydrogen-bond acceptors (Lipinski definition) is 4. The maximum Gasteiger partial charge on any atom is 0.410 e. The molecule has 31 heavy (non-hydrogen) atoms. The van der Waals surface area contributed by atoms with Gasteiger partial charge in [-0.05, 0) is 64.3 Å². The molecule has 2 aromatic rings. The minimum atomic E-state index is -0.491. The van der Waals surface area contributed by atoms with Crippen LogP contribution in [-0.2, 0) is 17.7 Å². The summed E-state index contributed by atoms with van der Waals surface area (Å²) in [5.74, 6) is 1.11. The number of hydrogen-bond donors (Lipinski definition) is 0. The molecule has 0 N–H and O–H groups in total. The lowest BCUT2D eigenvalue weighted by Crippen LogP contribution is -2.41. The van der Waals surface area contributed by atoms with Crippen molar-refractivity contribution >= 4 is 6.09 Å². The first-order chi connectivity index (χ1) is 14.8. The van der Waals surface area contributed by atoms with E-state index in [-0.39, 0.29) is 18.6 Å². The van der Waals surface area contributed by atoms with Crippen molar-refractivity contribution in [3.05, 3.63) is 47.3 Å². The molecule has 170 valence electrons. The van der Waals surface area contributed by atoms with Gasteiger partial charge in [0, 0.05) is 31.1 Å². The van der Waals surface area contributed by atoms with Gasteiger partial charge in [0.1, 0.15) is 18.0 Å².